The summed E-state index contributed by atoms with van der Waals surface area (Å²) in [5.74, 6) is 2.85. The van der Waals surface area contributed by atoms with Crippen molar-refractivity contribution in [1.82, 2.24) is 25.2 Å². The number of guanidine groups is 1. The van der Waals surface area contributed by atoms with Crippen LogP contribution in [0.1, 0.15) is 18.3 Å². The van der Waals surface area contributed by atoms with Gasteiger partial charge in [-0.05, 0) is 36.8 Å². The molecule has 2 heterocycles. The third-order valence-electron chi connectivity index (χ3n) is 4.10. The molecule has 8 nitrogen and oxygen atoms in total. The molecule has 0 unspecified atom stereocenters. The van der Waals surface area contributed by atoms with Gasteiger partial charge in [-0.2, -0.15) is 0 Å². The molecule has 0 saturated carbocycles. The number of pyridine rings is 1. The zero-order chi connectivity index (χ0) is 19.9. The highest BCUT2D eigenvalue weighted by atomic mass is 127. The first-order valence-corrected chi connectivity index (χ1v) is 9.66. The number of nitrogens with zero attached hydrogens (tertiary/aromatic N) is 4. The summed E-state index contributed by atoms with van der Waals surface area (Å²) in [6.45, 7) is 3.75. The summed E-state index contributed by atoms with van der Waals surface area (Å²) >= 11 is 3.57. The number of methoxy groups -OCH3 is 2. The first kappa shape index (κ1) is 23.2. The molecule has 156 valence electrons. The first-order valence-electron chi connectivity index (χ1n) is 8.87. The first-order chi connectivity index (χ1) is 13.7. The second-order valence-corrected chi connectivity index (χ2v) is 6.75. The number of rotatable bonds is 7. The zero-order valence-electron chi connectivity index (χ0n) is 16.5. The summed E-state index contributed by atoms with van der Waals surface area (Å²) in [7, 11) is 3.23. The van der Waals surface area contributed by atoms with Gasteiger partial charge < -0.3 is 20.1 Å². The van der Waals surface area contributed by atoms with Crippen LogP contribution in [0.5, 0.6) is 11.5 Å². The standard InChI is InChI=1S/C19H23BrN6O2.HI/c1-4-21-19(23-12-18-25-24-17-7-5-6-8-26(17)18)22-11-13-9-15(27-2)16(28-3)10-14(13)20;/h5-10H,4,11-12H2,1-3H3,(H2,21,22,23);1H. The molecule has 0 aliphatic rings. The number of hydrogen-bond donors (Lipinski definition) is 2. The van der Waals surface area contributed by atoms with Crippen molar-refractivity contribution >= 4 is 51.5 Å². The number of halogens is 2. The summed E-state index contributed by atoms with van der Waals surface area (Å²) in [5, 5.41) is 14.9. The lowest BCUT2D eigenvalue weighted by Gasteiger charge is -2.13. The van der Waals surface area contributed by atoms with E-state index in [2.05, 4.69) is 41.8 Å². The van der Waals surface area contributed by atoms with Crippen LogP contribution in [0, 0.1) is 0 Å². The van der Waals surface area contributed by atoms with Crippen LogP contribution in [-0.4, -0.2) is 41.3 Å². The summed E-state index contributed by atoms with van der Waals surface area (Å²) in [5.41, 5.74) is 1.80. The van der Waals surface area contributed by atoms with Gasteiger partial charge in [0.1, 0.15) is 0 Å². The van der Waals surface area contributed by atoms with Gasteiger partial charge in [-0.3, -0.25) is 4.40 Å². The maximum Gasteiger partial charge on any atom is 0.191 e. The second kappa shape index (κ2) is 11.2. The third kappa shape index (κ3) is 5.72. The van der Waals surface area contributed by atoms with Crippen molar-refractivity contribution in [2.75, 3.05) is 20.8 Å². The van der Waals surface area contributed by atoms with E-state index < -0.39 is 0 Å². The Labute approximate surface area is 195 Å². The van der Waals surface area contributed by atoms with Crippen LogP contribution in [0.4, 0.5) is 0 Å². The van der Waals surface area contributed by atoms with E-state index in [0.29, 0.717) is 30.5 Å². The van der Waals surface area contributed by atoms with E-state index in [1.54, 1.807) is 14.2 Å². The van der Waals surface area contributed by atoms with Crippen LogP contribution < -0.4 is 20.1 Å². The Bertz CT molecular complexity index is 978. The number of ether oxygens (including phenoxy) is 2. The SMILES string of the molecule is CCNC(=NCc1cc(OC)c(OC)cc1Br)NCc1nnc2ccccn12.I. The van der Waals surface area contributed by atoms with Gasteiger partial charge in [-0.1, -0.05) is 22.0 Å². The highest BCUT2D eigenvalue weighted by Gasteiger charge is 2.10. The van der Waals surface area contributed by atoms with Gasteiger partial charge in [-0.25, -0.2) is 4.99 Å². The van der Waals surface area contributed by atoms with Crippen LogP contribution in [0.3, 0.4) is 0 Å². The molecule has 0 amide bonds. The average molecular weight is 575 g/mol. The Morgan fingerprint density at radius 2 is 1.90 bits per heavy atom. The molecule has 0 fully saturated rings. The summed E-state index contributed by atoms with van der Waals surface area (Å²) in [4.78, 5) is 4.67. The monoisotopic (exact) mass is 574 g/mol. The number of fused-ring (bicyclic) bond motifs is 1. The minimum absolute atomic E-state index is 0. The molecule has 0 saturated heterocycles. The number of aromatic nitrogens is 3. The molecular weight excluding hydrogens is 551 g/mol. The predicted molar refractivity (Wildman–Crippen MR) is 127 cm³/mol. The molecule has 0 spiro atoms. The summed E-state index contributed by atoms with van der Waals surface area (Å²) < 4.78 is 13.6. The lowest BCUT2D eigenvalue weighted by molar-refractivity contribution is 0.354. The smallest absolute Gasteiger partial charge is 0.191 e. The largest absolute Gasteiger partial charge is 0.493 e. The third-order valence-corrected chi connectivity index (χ3v) is 4.84. The van der Waals surface area contributed by atoms with Crippen molar-refractivity contribution in [3.63, 3.8) is 0 Å². The molecular formula is C19H24BrIN6O2. The van der Waals surface area contributed by atoms with Crippen molar-refractivity contribution in [3.05, 3.63) is 52.4 Å². The Balaban J connectivity index is 0.00000300. The van der Waals surface area contributed by atoms with E-state index >= 15 is 0 Å². The van der Waals surface area contributed by atoms with Crippen molar-refractivity contribution in [1.29, 1.82) is 0 Å². The minimum Gasteiger partial charge on any atom is -0.493 e. The quantitative estimate of drug-likeness (QED) is 0.256. The lowest BCUT2D eigenvalue weighted by atomic mass is 10.2. The average Bonchev–Trinajstić information content (AvgIpc) is 3.13. The molecule has 0 aliphatic heterocycles. The van der Waals surface area contributed by atoms with Crippen LogP contribution >= 0.6 is 39.9 Å². The van der Waals surface area contributed by atoms with Crippen LogP contribution in [0.25, 0.3) is 5.65 Å². The van der Waals surface area contributed by atoms with E-state index in [9.17, 15) is 0 Å². The molecule has 2 N–H and O–H groups in total. The van der Waals surface area contributed by atoms with Gasteiger partial charge in [0, 0.05) is 17.2 Å². The fourth-order valence-corrected chi connectivity index (χ4v) is 3.15. The van der Waals surface area contributed by atoms with Gasteiger partial charge in [-0.15, -0.1) is 34.2 Å². The molecule has 1 aromatic carbocycles. The maximum absolute atomic E-state index is 5.38. The van der Waals surface area contributed by atoms with E-state index in [4.69, 9.17) is 9.47 Å². The summed E-state index contributed by atoms with van der Waals surface area (Å²) in [6.07, 6.45) is 1.94. The summed E-state index contributed by atoms with van der Waals surface area (Å²) in [6, 6.07) is 9.61. The van der Waals surface area contributed by atoms with Crippen molar-refractivity contribution in [2.24, 2.45) is 4.99 Å². The van der Waals surface area contributed by atoms with E-state index in [0.717, 1.165) is 28.1 Å². The molecule has 3 rings (SSSR count). The number of nitrogens with one attached hydrogen (secondary N) is 2. The number of hydrogen-bond acceptors (Lipinski definition) is 5. The van der Waals surface area contributed by atoms with Gasteiger partial charge >= 0.3 is 0 Å². The number of aliphatic imine (C=N–C) groups is 1. The Kier molecular flexibility index (Phi) is 8.96. The molecule has 0 aliphatic carbocycles. The van der Waals surface area contributed by atoms with Crippen molar-refractivity contribution in [2.45, 2.75) is 20.0 Å². The topological polar surface area (TPSA) is 85.1 Å². The van der Waals surface area contributed by atoms with E-state index in [-0.39, 0.29) is 24.0 Å². The predicted octanol–water partition coefficient (Wildman–Crippen LogP) is 3.38. The van der Waals surface area contributed by atoms with Gasteiger partial charge in [0.15, 0.2) is 28.9 Å². The van der Waals surface area contributed by atoms with Gasteiger partial charge in [0.05, 0.1) is 27.3 Å². The van der Waals surface area contributed by atoms with Crippen LogP contribution in [0.2, 0.25) is 0 Å². The molecule has 2 aromatic heterocycles. The molecule has 0 radical (unpaired) electrons. The minimum atomic E-state index is 0. The second-order valence-electron chi connectivity index (χ2n) is 5.89. The van der Waals surface area contributed by atoms with E-state index in [1.165, 1.54) is 0 Å². The maximum atomic E-state index is 5.38. The van der Waals surface area contributed by atoms with Crippen LogP contribution in [0.15, 0.2) is 46.0 Å². The zero-order valence-corrected chi connectivity index (χ0v) is 20.4. The molecule has 0 bridgehead atoms. The van der Waals surface area contributed by atoms with E-state index in [1.807, 2.05) is 47.9 Å². The Hall–Kier alpha value is -2.08. The Morgan fingerprint density at radius 3 is 2.62 bits per heavy atom. The Morgan fingerprint density at radius 1 is 1.14 bits per heavy atom. The fraction of sp³-hybridized carbons (Fsp3) is 0.316. The molecule has 10 heteroatoms. The van der Waals surface area contributed by atoms with Crippen molar-refractivity contribution < 1.29 is 9.47 Å². The molecule has 3 aromatic rings. The number of benzene rings is 1. The lowest BCUT2D eigenvalue weighted by Crippen LogP contribution is -2.37. The molecule has 29 heavy (non-hydrogen) atoms. The highest BCUT2D eigenvalue weighted by molar-refractivity contribution is 14.0. The normalized spacial score (nSPS) is 11.1. The van der Waals surface area contributed by atoms with Crippen LogP contribution in [-0.2, 0) is 13.1 Å². The van der Waals surface area contributed by atoms with Gasteiger partial charge in [0.25, 0.3) is 0 Å². The fourth-order valence-electron chi connectivity index (χ4n) is 2.70. The highest BCUT2D eigenvalue weighted by Crippen LogP contribution is 2.33. The molecule has 0 atom stereocenters. The van der Waals surface area contributed by atoms with Gasteiger partial charge in [0.2, 0.25) is 0 Å². The van der Waals surface area contributed by atoms with Crippen molar-refractivity contribution in [3.8, 4) is 11.5 Å².